The smallest absolute Gasteiger partial charge is 0.274 e. The maximum atomic E-state index is 13.0. The van der Waals surface area contributed by atoms with Crippen LogP contribution in [0.3, 0.4) is 0 Å². The van der Waals surface area contributed by atoms with Crippen molar-refractivity contribution in [2.75, 3.05) is 13.1 Å². The number of likely N-dealkylation sites (tertiary alicyclic amines) is 1. The van der Waals surface area contributed by atoms with Gasteiger partial charge in [0.1, 0.15) is 0 Å². The van der Waals surface area contributed by atoms with E-state index in [-0.39, 0.29) is 24.4 Å². The van der Waals surface area contributed by atoms with Gasteiger partial charge in [0.15, 0.2) is 11.3 Å². The lowest BCUT2D eigenvalue weighted by atomic mass is 10.0. The van der Waals surface area contributed by atoms with Crippen molar-refractivity contribution in [1.82, 2.24) is 34.6 Å². The third kappa shape index (κ3) is 4.11. The van der Waals surface area contributed by atoms with Crippen molar-refractivity contribution in [3.8, 4) is 0 Å². The van der Waals surface area contributed by atoms with Crippen LogP contribution < -0.4 is 5.32 Å². The number of hydrogen-bond donors (Lipinski definition) is 2. The van der Waals surface area contributed by atoms with Crippen LogP contribution in [0, 0.1) is 0 Å². The maximum Gasteiger partial charge on any atom is 0.274 e. The number of aryl methyl sites for hydroxylation is 2. The Bertz CT molecular complexity index is 1030. The van der Waals surface area contributed by atoms with E-state index in [0.717, 1.165) is 5.69 Å². The molecule has 2 atom stereocenters. The highest BCUT2D eigenvalue weighted by atomic mass is 16.3. The molecule has 0 radical (unpaired) electrons. The van der Waals surface area contributed by atoms with Gasteiger partial charge in [-0.2, -0.15) is 10.2 Å². The number of aromatic nitrogens is 5. The third-order valence-electron chi connectivity index (χ3n) is 5.11. The van der Waals surface area contributed by atoms with Crippen molar-refractivity contribution in [2.24, 2.45) is 7.05 Å². The van der Waals surface area contributed by atoms with Gasteiger partial charge in [-0.1, -0.05) is 0 Å². The van der Waals surface area contributed by atoms with Crippen LogP contribution >= 0.6 is 0 Å². The molecule has 0 saturated carbocycles. The molecule has 0 aromatic carbocycles. The third-order valence-corrected chi connectivity index (χ3v) is 5.11. The Morgan fingerprint density at radius 1 is 1.24 bits per heavy atom. The van der Waals surface area contributed by atoms with Crippen LogP contribution in [0.1, 0.15) is 29.0 Å². The average Bonchev–Trinajstić information content (AvgIpc) is 3.31. The van der Waals surface area contributed by atoms with Crippen molar-refractivity contribution in [3.05, 3.63) is 48.2 Å². The van der Waals surface area contributed by atoms with Crippen LogP contribution in [0.15, 0.2) is 36.8 Å². The summed E-state index contributed by atoms with van der Waals surface area (Å²) in [7, 11) is 1.84. The number of aliphatic hydroxyl groups is 1. The van der Waals surface area contributed by atoms with Gasteiger partial charge in [0, 0.05) is 50.7 Å². The zero-order chi connectivity index (χ0) is 20.4. The van der Waals surface area contributed by atoms with E-state index in [9.17, 15) is 14.7 Å². The summed E-state index contributed by atoms with van der Waals surface area (Å²) in [6.45, 7) is 0.535. The Hall–Kier alpha value is -3.27. The molecule has 0 bridgehead atoms. The number of hydrogen-bond acceptors (Lipinski definition) is 6. The maximum absolute atomic E-state index is 13.0. The minimum Gasteiger partial charge on any atom is -0.391 e. The average molecular weight is 397 g/mol. The molecule has 0 spiro atoms. The van der Waals surface area contributed by atoms with Gasteiger partial charge in [0.05, 0.1) is 12.3 Å². The lowest BCUT2D eigenvalue weighted by molar-refractivity contribution is -0.122. The van der Waals surface area contributed by atoms with Gasteiger partial charge in [-0.25, -0.2) is 9.50 Å². The van der Waals surface area contributed by atoms with Crippen LogP contribution in [-0.4, -0.2) is 71.4 Å². The molecule has 1 saturated heterocycles. The SMILES string of the molecule is Cn1nccc1CCC(=O)N[C@H]1C[C@@H](O)CN(C(=O)c2cnc3cccnn23)C1. The van der Waals surface area contributed by atoms with E-state index in [0.29, 0.717) is 37.1 Å². The van der Waals surface area contributed by atoms with Crippen LogP contribution in [0.25, 0.3) is 5.65 Å². The zero-order valence-electron chi connectivity index (χ0n) is 16.1. The number of rotatable bonds is 5. The predicted octanol–water partition coefficient (Wildman–Crippen LogP) is -0.213. The second-order valence-electron chi connectivity index (χ2n) is 7.25. The number of piperidine rings is 1. The number of aliphatic hydroxyl groups excluding tert-OH is 1. The van der Waals surface area contributed by atoms with E-state index in [4.69, 9.17) is 0 Å². The largest absolute Gasteiger partial charge is 0.391 e. The molecule has 10 heteroatoms. The quantitative estimate of drug-likeness (QED) is 0.615. The number of nitrogens with zero attached hydrogens (tertiary/aromatic N) is 6. The fraction of sp³-hybridized carbons (Fsp3) is 0.421. The molecular weight excluding hydrogens is 374 g/mol. The lowest BCUT2D eigenvalue weighted by Gasteiger charge is -2.35. The highest BCUT2D eigenvalue weighted by Gasteiger charge is 2.31. The Labute approximate surface area is 167 Å². The minimum absolute atomic E-state index is 0.117. The molecular formula is C19H23N7O3. The number of carbonyl (C=O) groups excluding carboxylic acids is 2. The van der Waals surface area contributed by atoms with Crippen molar-refractivity contribution in [2.45, 2.75) is 31.4 Å². The first-order valence-corrected chi connectivity index (χ1v) is 9.53. The Kier molecular flexibility index (Phi) is 5.26. The summed E-state index contributed by atoms with van der Waals surface area (Å²) in [6.07, 6.45) is 5.36. The number of amides is 2. The van der Waals surface area contributed by atoms with Crippen LogP contribution in [0.4, 0.5) is 0 Å². The molecule has 3 aromatic heterocycles. The number of fused-ring (bicyclic) bond motifs is 1. The van der Waals surface area contributed by atoms with E-state index in [1.165, 1.54) is 10.7 Å². The summed E-state index contributed by atoms with van der Waals surface area (Å²) in [5, 5.41) is 21.4. The molecule has 1 aliphatic heterocycles. The van der Waals surface area contributed by atoms with Gasteiger partial charge in [-0.15, -0.1) is 0 Å². The lowest BCUT2D eigenvalue weighted by Crippen LogP contribution is -2.54. The van der Waals surface area contributed by atoms with E-state index >= 15 is 0 Å². The Morgan fingerprint density at radius 2 is 2.10 bits per heavy atom. The van der Waals surface area contributed by atoms with Crippen molar-refractivity contribution < 1.29 is 14.7 Å². The monoisotopic (exact) mass is 397 g/mol. The van der Waals surface area contributed by atoms with Crippen molar-refractivity contribution >= 4 is 17.5 Å². The van der Waals surface area contributed by atoms with Gasteiger partial charge in [0.2, 0.25) is 5.91 Å². The second-order valence-corrected chi connectivity index (χ2v) is 7.25. The summed E-state index contributed by atoms with van der Waals surface area (Å²) in [5.74, 6) is -0.391. The first kappa shape index (κ1) is 19.1. The van der Waals surface area contributed by atoms with Crippen LogP contribution in [0.5, 0.6) is 0 Å². The first-order valence-electron chi connectivity index (χ1n) is 9.53. The van der Waals surface area contributed by atoms with E-state index in [1.54, 1.807) is 34.1 Å². The molecule has 2 amide bonds. The van der Waals surface area contributed by atoms with Crippen LogP contribution in [0.2, 0.25) is 0 Å². The highest BCUT2D eigenvalue weighted by molar-refractivity contribution is 5.93. The number of imidazole rings is 1. The molecule has 1 fully saturated rings. The fourth-order valence-corrected chi connectivity index (χ4v) is 3.67. The molecule has 152 valence electrons. The van der Waals surface area contributed by atoms with Gasteiger partial charge in [0.25, 0.3) is 5.91 Å². The summed E-state index contributed by atoms with van der Waals surface area (Å²) < 4.78 is 3.22. The Balaban J connectivity index is 1.39. The normalized spacial score (nSPS) is 19.4. The molecule has 4 heterocycles. The molecule has 3 aromatic rings. The molecule has 2 N–H and O–H groups in total. The zero-order valence-corrected chi connectivity index (χ0v) is 16.1. The minimum atomic E-state index is -0.706. The van der Waals surface area contributed by atoms with Gasteiger partial charge in [-0.3, -0.25) is 14.3 Å². The Morgan fingerprint density at radius 3 is 2.90 bits per heavy atom. The first-order chi connectivity index (χ1) is 14.0. The molecule has 29 heavy (non-hydrogen) atoms. The fourth-order valence-electron chi connectivity index (χ4n) is 3.67. The van der Waals surface area contributed by atoms with E-state index in [1.807, 2.05) is 13.1 Å². The van der Waals surface area contributed by atoms with Gasteiger partial charge < -0.3 is 15.3 Å². The number of nitrogens with one attached hydrogen (secondary N) is 1. The second kappa shape index (κ2) is 8.00. The number of carbonyl (C=O) groups is 2. The van der Waals surface area contributed by atoms with Gasteiger partial charge in [-0.05, 0) is 31.0 Å². The molecule has 1 aliphatic rings. The van der Waals surface area contributed by atoms with Gasteiger partial charge >= 0.3 is 0 Å². The summed E-state index contributed by atoms with van der Waals surface area (Å²) in [5.41, 5.74) is 1.88. The summed E-state index contributed by atoms with van der Waals surface area (Å²) in [6, 6.07) is 5.08. The van der Waals surface area contributed by atoms with E-state index in [2.05, 4.69) is 20.5 Å². The topological polar surface area (TPSA) is 118 Å². The van der Waals surface area contributed by atoms with E-state index < -0.39 is 6.10 Å². The van der Waals surface area contributed by atoms with Crippen molar-refractivity contribution in [1.29, 1.82) is 0 Å². The van der Waals surface area contributed by atoms with Crippen LogP contribution in [-0.2, 0) is 18.3 Å². The summed E-state index contributed by atoms with van der Waals surface area (Å²) >= 11 is 0. The predicted molar refractivity (Wildman–Crippen MR) is 103 cm³/mol. The molecule has 10 nitrogen and oxygen atoms in total. The highest BCUT2D eigenvalue weighted by Crippen LogP contribution is 2.15. The molecule has 0 aliphatic carbocycles. The van der Waals surface area contributed by atoms with Crippen molar-refractivity contribution in [3.63, 3.8) is 0 Å². The molecule has 4 rings (SSSR count). The molecule has 0 unspecified atom stereocenters. The standard InChI is InChI=1S/C19H23N7O3/c1-24-14(6-8-21-24)4-5-18(28)23-13-9-15(27)12-25(11-13)19(29)16-10-20-17-3-2-7-22-26(16)17/h2-3,6-8,10,13,15,27H,4-5,9,11-12H2,1H3,(H,23,28)/t13-,15+/m0/s1. The summed E-state index contributed by atoms with van der Waals surface area (Å²) in [4.78, 5) is 31.0. The number of β-amino-alcohol motifs (C(OH)–C–C–N with tert-alkyl or cyclic N) is 1.